The third kappa shape index (κ3) is 1.12. The third-order valence-electron chi connectivity index (χ3n) is 3.98. The Morgan fingerprint density at radius 1 is 0.895 bits per heavy atom. The maximum atomic E-state index is 14.5. The minimum absolute atomic E-state index is 0.430. The van der Waals surface area contributed by atoms with Gasteiger partial charge in [-0.1, -0.05) is 12.2 Å². The van der Waals surface area contributed by atoms with Crippen LogP contribution in [0.15, 0.2) is 35.5 Å². The van der Waals surface area contributed by atoms with Gasteiger partial charge in [-0.05, 0) is 6.42 Å². The van der Waals surface area contributed by atoms with E-state index in [9.17, 15) is 31.1 Å². The van der Waals surface area contributed by atoms with E-state index in [2.05, 4.69) is 0 Å². The Bertz CT molecular complexity index is 543. The van der Waals surface area contributed by atoms with Crippen LogP contribution >= 0.6 is 0 Å². The molecule has 4 atom stereocenters. The molecule has 102 valence electrons. The standard InChI is InChI=1S/C12H6F6O/c13-6-7(14)9(16)12(18)5-2-1-4(3-5)11(17,8(6)15)10(12)19/h1-2,4-5H,3H2. The van der Waals surface area contributed by atoms with Crippen LogP contribution in [-0.2, 0) is 4.79 Å². The number of hydrogen-bond donors (Lipinski definition) is 0. The van der Waals surface area contributed by atoms with Crippen LogP contribution in [0.3, 0.4) is 0 Å². The number of halogens is 6. The molecule has 0 spiro atoms. The first kappa shape index (κ1) is 12.5. The van der Waals surface area contributed by atoms with E-state index in [0.29, 0.717) is 0 Å². The summed E-state index contributed by atoms with van der Waals surface area (Å²) < 4.78 is 82.9. The number of hydrogen-bond acceptors (Lipinski definition) is 1. The molecule has 19 heavy (non-hydrogen) atoms. The van der Waals surface area contributed by atoms with Crippen molar-refractivity contribution < 1.29 is 31.1 Å². The average molecular weight is 280 g/mol. The van der Waals surface area contributed by atoms with Crippen LogP contribution in [-0.4, -0.2) is 17.1 Å². The summed E-state index contributed by atoms with van der Waals surface area (Å²) in [6.45, 7) is 0. The molecule has 0 aliphatic heterocycles. The van der Waals surface area contributed by atoms with Crippen LogP contribution in [0.4, 0.5) is 26.3 Å². The van der Waals surface area contributed by atoms with E-state index in [1.54, 1.807) is 0 Å². The predicted molar refractivity (Wildman–Crippen MR) is 51.9 cm³/mol. The maximum absolute atomic E-state index is 14.5. The van der Waals surface area contributed by atoms with Crippen molar-refractivity contribution in [3.63, 3.8) is 0 Å². The minimum Gasteiger partial charge on any atom is -0.291 e. The molecule has 4 bridgehead atoms. The lowest BCUT2D eigenvalue weighted by Crippen LogP contribution is -2.58. The molecule has 1 fully saturated rings. The van der Waals surface area contributed by atoms with Crippen LogP contribution in [0, 0.1) is 11.8 Å². The first-order chi connectivity index (χ1) is 8.75. The topological polar surface area (TPSA) is 17.1 Å². The molecule has 0 aromatic heterocycles. The molecule has 1 nitrogen and oxygen atoms in total. The van der Waals surface area contributed by atoms with E-state index in [4.69, 9.17) is 0 Å². The van der Waals surface area contributed by atoms with Crippen LogP contribution < -0.4 is 0 Å². The molecule has 0 aromatic carbocycles. The zero-order valence-electron chi connectivity index (χ0n) is 9.19. The predicted octanol–water partition coefficient (Wildman–Crippen LogP) is 3.49. The second-order valence-electron chi connectivity index (χ2n) is 4.84. The van der Waals surface area contributed by atoms with Gasteiger partial charge in [-0.3, -0.25) is 4.79 Å². The minimum atomic E-state index is -3.70. The van der Waals surface area contributed by atoms with Gasteiger partial charge in [0, 0.05) is 11.8 Å². The summed E-state index contributed by atoms with van der Waals surface area (Å²) in [6, 6.07) is 0. The quantitative estimate of drug-likeness (QED) is 0.490. The fourth-order valence-corrected chi connectivity index (χ4v) is 2.93. The lowest BCUT2D eigenvalue weighted by atomic mass is 9.67. The summed E-state index contributed by atoms with van der Waals surface area (Å²) in [4.78, 5) is 11.8. The first-order valence-corrected chi connectivity index (χ1v) is 5.48. The Morgan fingerprint density at radius 3 is 1.63 bits per heavy atom. The Kier molecular flexibility index (Phi) is 2.18. The molecule has 0 saturated heterocycles. The average Bonchev–Trinajstić information content (AvgIpc) is 2.87. The van der Waals surface area contributed by atoms with Gasteiger partial charge >= 0.3 is 0 Å². The molecule has 4 unspecified atom stereocenters. The van der Waals surface area contributed by atoms with E-state index >= 15 is 0 Å². The molecule has 3 aliphatic rings. The molecule has 7 heteroatoms. The number of fused-ring (bicyclic) bond motifs is 6. The van der Waals surface area contributed by atoms with Crippen molar-refractivity contribution in [3.8, 4) is 0 Å². The number of allylic oxidation sites excluding steroid dienone is 6. The highest BCUT2D eigenvalue weighted by atomic mass is 19.2. The number of Topliss-reactive ketones (excluding diaryl/α,β-unsaturated/α-hetero) is 1. The lowest BCUT2D eigenvalue weighted by Gasteiger charge is -2.39. The van der Waals surface area contributed by atoms with Gasteiger partial charge in [0.05, 0.1) is 0 Å². The number of carbonyl (C=O) groups is 1. The summed E-state index contributed by atoms with van der Waals surface area (Å²) >= 11 is 0. The SMILES string of the molecule is O=C1C2(F)C(F)=C(F)C(F)=C(F)C1(F)C1C=CC2C1. The van der Waals surface area contributed by atoms with Gasteiger partial charge in [0.1, 0.15) is 0 Å². The molecule has 0 radical (unpaired) electrons. The van der Waals surface area contributed by atoms with Gasteiger partial charge in [0.25, 0.3) is 0 Å². The molecule has 3 rings (SSSR count). The van der Waals surface area contributed by atoms with E-state index in [-0.39, 0.29) is 0 Å². The highest BCUT2D eigenvalue weighted by Crippen LogP contribution is 2.58. The van der Waals surface area contributed by atoms with Crippen molar-refractivity contribution in [2.24, 2.45) is 11.8 Å². The number of alkyl halides is 2. The molecule has 1 saturated carbocycles. The zero-order chi connectivity index (χ0) is 14.2. The smallest absolute Gasteiger partial charge is 0.232 e. The summed E-state index contributed by atoms with van der Waals surface area (Å²) in [5.41, 5.74) is -7.40. The second-order valence-corrected chi connectivity index (χ2v) is 4.84. The first-order valence-electron chi connectivity index (χ1n) is 5.48. The summed E-state index contributed by atoms with van der Waals surface area (Å²) in [6.07, 6.45) is 1.56. The van der Waals surface area contributed by atoms with Gasteiger partial charge in [-0.2, -0.15) is 0 Å². The molecular formula is C12H6F6O. The van der Waals surface area contributed by atoms with Crippen molar-refractivity contribution in [2.45, 2.75) is 17.8 Å². The van der Waals surface area contributed by atoms with Crippen LogP contribution in [0.1, 0.15) is 6.42 Å². The second kappa shape index (κ2) is 3.32. The Morgan fingerprint density at radius 2 is 1.26 bits per heavy atom. The van der Waals surface area contributed by atoms with E-state index in [1.807, 2.05) is 0 Å². The molecule has 0 aromatic rings. The highest BCUT2D eigenvalue weighted by molar-refractivity contribution is 6.02. The summed E-state index contributed by atoms with van der Waals surface area (Å²) in [5, 5.41) is 0. The number of ketones is 1. The lowest BCUT2D eigenvalue weighted by molar-refractivity contribution is -0.150. The van der Waals surface area contributed by atoms with Crippen molar-refractivity contribution in [2.75, 3.05) is 0 Å². The van der Waals surface area contributed by atoms with Gasteiger partial charge < -0.3 is 0 Å². The summed E-state index contributed by atoms with van der Waals surface area (Å²) in [5.74, 6) is -14.8. The number of rotatable bonds is 0. The van der Waals surface area contributed by atoms with E-state index in [1.165, 1.54) is 0 Å². The Labute approximate surface area is 103 Å². The maximum Gasteiger partial charge on any atom is 0.232 e. The Balaban J connectivity index is 2.41. The van der Waals surface area contributed by atoms with E-state index < -0.39 is 58.7 Å². The molecular weight excluding hydrogens is 274 g/mol. The number of carbonyl (C=O) groups excluding carboxylic acids is 1. The monoisotopic (exact) mass is 280 g/mol. The van der Waals surface area contributed by atoms with Crippen molar-refractivity contribution >= 4 is 5.78 Å². The van der Waals surface area contributed by atoms with Crippen LogP contribution in [0.5, 0.6) is 0 Å². The normalized spacial score (nSPS) is 45.1. The van der Waals surface area contributed by atoms with Crippen molar-refractivity contribution in [1.29, 1.82) is 0 Å². The van der Waals surface area contributed by atoms with Gasteiger partial charge in [0.15, 0.2) is 23.3 Å². The molecule has 0 N–H and O–H groups in total. The van der Waals surface area contributed by atoms with Crippen LogP contribution in [0.25, 0.3) is 0 Å². The summed E-state index contributed by atoms with van der Waals surface area (Å²) in [7, 11) is 0. The Hall–Kier alpha value is -1.53. The van der Waals surface area contributed by atoms with Gasteiger partial charge in [-0.25, -0.2) is 26.3 Å². The van der Waals surface area contributed by atoms with Gasteiger partial charge in [-0.15, -0.1) is 0 Å². The van der Waals surface area contributed by atoms with Crippen LogP contribution in [0.2, 0.25) is 0 Å². The fraction of sp³-hybridized carbons (Fsp3) is 0.417. The van der Waals surface area contributed by atoms with E-state index in [0.717, 1.165) is 12.2 Å². The largest absolute Gasteiger partial charge is 0.291 e. The third-order valence-corrected chi connectivity index (χ3v) is 3.98. The zero-order valence-corrected chi connectivity index (χ0v) is 9.19. The molecule has 0 amide bonds. The molecule has 0 heterocycles. The van der Waals surface area contributed by atoms with Gasteiger partial charge in [0.2, 0.25) is 17.1 Å². The van der Waals surface area contributed by atoms with Crippen molar-refractivity contribution in [3.05, 3.63) is 35.5 Å². The highest BCUT2D eigenvalue weighted by Gasteiger charge is 2.71. The fourth-order valence-electron chi connectivity index (χ4n) is 2.93. The van der Waals surface area contributed by atoms with Crippen molar-refractivity contribution in [1.82, 2.24) is 0 Å². The molecule has 3 aliphatic carbocycles.